The summed E-state index contributed by atoms with van der Waals surface area (Å²) in [5.41, 5.74) is 1.18. The highest BCUT2D eigenvalue weighted by Gasteiger charge is 2.16. The lowest BCUT2D eigenvalue weighted by Gasteiger charge is -2.20. The molecule has 1 aromatic heterocycles. The minimum Gasteiger partial charge on any atom is -0.459 e. The molecule has 0 aliphatic rings. The molecule has 1 N–H and O–H groups in total. The molecule has 0 spiro atoms. The van der Waals surface area contributed by atoms with Crippen LogP contribution in [0.4, 0.5) is 0 Å². The quantitative estimate of drug-likeness (QED) is 0.749. The SMILES string of the molecule is CS(=O)(=O)N(CCCc1ccccc1)CCNC(=O)c1ccco1. The second kappa shape index (κ2) is 8.65. The Kier molecular flexibility index (Phi) is 6.57. The van der Waals surface area contributed by atoms with Crippen LogP contribution in [0, 0.1) is 0 Å². The Morgan fingerprint density at radius 2 is 1.88 bits per heavy atom. The summed E-state index contributed by atoms with van der Waals surface area (Å²) in [5, 5.41) is 2.66. The van der Waals surface area contributed by atoms with Gasteiger partial charge in [0.2, 0.25) is 10.0 Å². The third-order valence-electron chi connectivity index (χ3n) is 3.58. The zero-order chi connectivity index (χ0) is 17.4. The van der Waals surface area contributed by atoms with Gasteiger partial charge in [0.15, 0.2) is 5.76 Å². The number of furan rings is 1. The van der Waals surface area contributed by atoms with Gasteiger partial charge in [-0.1, -0.05) is 30.3 Å². The van der Waals surface area contributed by atoms with E-state index in [2.05, 4.69) is 5.32 Å². The number of benzene rings is 1. The van der Waals surface area contributed by atoms with E-state index in [1.165, 1.54) is 22.4 Å². The summed E-state index contributed by atoms with van der Waals surface area (Å²) in [7, 11) is -3.31. The molecule has 24 heavy (non-hydrogen) atoms. The molecule has 0 unspecified atom stereocenters. The standard InChI is InChI=1S/C17H22N2O4S/c1-24(21,22)19(12-5-9-15-7-3-2-4-8-15)13-11-18-17(20)16-10-6-14-23-16/h2-4,6-8,10,14H,5,9,11-13H2,1H3,(H,18,20). The van der Waals surface area contributed by atoms with Crippen molar-refractivity contribution in [2.24, 2.45) is 0 Å². The van der Waals surface area contributed by atoms with Crippen LogP contribution in [0.5, 0.6) is 0 Å². The minimum atomic E-state index is -3.31. The normalized spacial score (nSPS) is 11.6. The number of hydrogen-bond acceptors (Lipinski definition) is 4. The van der Waals surface area contributed by atoms with Crippen LogP contribution in [0.25, 0.3) is 0 Å². The highest BCUT2D eigenvalue weighted by Crippen LogP contribution is 2.06. The molecule has 0 radical (unpaired) electrons. The van der Waals surface area contributed by atoms with E-state index in [4.69, 9.17) is 4.42 Å². The predicted molar refractivity (Wildman–Crippen MR) is 92.2 cm³/mol. The summed E-state index contributed by atoms with van der Waals surface area (Å²) >= 11 is 0. The summed E-state index contributed by atoms with van der Waals surface area (Å²) in [6.07, 6.45) is 4.14. The number of aryl methyl sites for hydroxylation is 1. The van der Waals surface area contributed by atoms with Gasteiger partial charge in [-0.3, -0.25) is 4.79 Å². The third-order valence-corrected chi connectivity index (χ3v) is 4.88. The molecule has 1 aromatic carbocycles. The lowest BCUT2D eigenvalue weighted by molar-refractivity contribution is 0.0924. The Hall–Kier alpha value is -2.12. The van der Waals surface area contributed by atoms with Gasteiger partial charge in [-0.05, 0) is 30.5 Å². The van der Waals surface area contributed by atoms with Crippen LogP contribution >= 0.6 is 0 Å². The van der Waals surface area contributed by atoms with E-state index in [-0.39, 0.29) is 24.8 Å². The van der Waals surface area contributed by atoms with E-state index >= 15 is 0 Å². The topological polar surface area (TPSA) is 79.6 Å². The third kappa shape index (κ3) is 5.82. The first kappa shape index (κ1) is 18.2. The van der Waals surface area contributed by atoms with E-state index < -0.39 is 10.0 Å². The van der Waals surface area contributed by atoms with E-state index in [0.717, 1.165) is 12.8 Å². The molecule has 2 rings (SSSR count). The molecule has 0 fully saturated rings. The molecule has 0 saturated heterocycles. The van der Waals surface area contributed by atoms with Crippen molar-refractivity contribution >= 4 is 15.9 Å². The fraction of sp³-hybridized carbons (Fsp3) is 0.353. The average molecular weight is 350 g/mol. The lowest BCUT2D eigenvalue weighted by Crippen LogP contribution is -2.38. The largest absolute Gasteiger partial charge is 0.459 e. The van der Waals surface area contributed by atoms with E-state index in [1.54, 1.807) is 12.1 Å². The maximum absolute atomic E-state index is 11.9. The van der Waals surface area contributed by atoms with Crippen molar-refractivity contribution in [1.29, 1.82) is 0 Å². The van der Waals surface area contributed by atoms with E-state index in [0.29, 0.717) is 6.54 Å². The van der Waals surface area contributed by atoms with Gasteiger partial charge in [-0.15, -0.1) is 0 Å². The monoisotopic (exact) mass is 350 g/mol. The molecule has 0 bridgehead atoms. The van der Waals surface area contributed by atoms with Gasteiger partial charge < -0.3 is 9.73 Å². The van der Waals surface area contributed by atoms with E-state index in [9.17, 15) is 13.2 Å². The van der Waals surface area contributed by atoms with Crippen molar-refractivity contribution in [3.8, 4) is 0 Å². The molecule has 6 nitrogen and oxygen atoms in total. The highest BCUT2D eigenvalue weighted by molar-refractivity contribution is 7.88. The Morgan fingerprint density at radius 3 is 2.50 bits per heavy atom. The molecule has 1 amide bonds. The Bertz CT molecular complexity index is 727. The number of nitrogens with one attached hydrogen (secondary N) is 1. The van der Waals surface area contributed by atoms with Crippen LogP contribution in [0.15, 0.2) is 53.1 Å². The number of carbonyl (C=O) groups excluding carboxylic acids is 1. The Morgan fingerprint density at radius 1 is 1.12 bits per heavy atom. The maximum Gasteiger partial charge on any atom is 0.287 e. The molecule has 0 aliphatic heterocycles. The lowest BCUT2D eigenvalue weighted by atomic mass is 10.1. The molecule has 0 aliphatic carbocycles. The summed E-state index contributed by atoms with van der Waals surface area (Å²) in [5.74, 6) is -0.136. The van der Waals surface area contributed by atoms with Crippen LogP contribution in [-0.2, 0) is 16.4 Å². The van der Waals surface area contributed by atoms with Crippen LogP contribution in [0.1, 0.15) is 22.5 Å². The molecule has 1 heterocycles. The summed E-state index contributed by atoms with van der Waals surface area (Å²) in [6.45, 7) is 0.891. The van der Waals surface area contributed by atoms with Gasteiger partial charge in [0.1, 0.15) is 0 Å². The van der Waals surface area contributed by atoms with Crippen LogP contribution in [-0.4, -0.2) is 44.5 Å². The molecule has 0 atom stereocenters. The van der Waals surface area contributed by atoms with Gasteiger partial charge in [0.25, 0.3) is 5.91 Å². The number of amides is 1. The van der Waals surface area contributed by atoms with Crippen molar-refractivity contribution in [3.05, 3.63) is 60.1 Å². The smallest absolute Gasteiger partial charge is 0.287 e. The van der Waals surface area contributed by atoms with Gasteiger partial charge in [0.05, 0.1) is 12.5 Å². The van der Waals surface area contributed by atoms with Crippen molar-refractivity contribution in [2.45, 2.75) is 12.8 Å². The molecule has 130 valence electrons. The summed E-state index contributed by atoms with van der Waals surface area (Å²) in [6, 6.07) is 13.1. The Balaban J connectivity index is 1.79. The van der Waals surface area contributed by atoms with Crippen molar-refractivity contribution in [1.82, 2.24) is 9.62 Å². The summed E-state index contributed by atoms with van der Waals surface area (Å²) < 4.78 is 30.1. The minimum absolute atomic E-state index is 0.213. The molecular weight excluding hydrogens is 328 g/mol. The first-order valence-electron chi connectivity index (χ1n) is 7.77. The van der Waals surface area contributed by atoms with Gasteiger partial charge in [-0.25, -0.2) is 12.7 Å². The zero-order valence-corrected chi connectivity index (χ0v) is 14.5. The van der Waals surface area contributed by atoms with E-state index in [1.807, 2.05) is 30.3 Å². The Labute approximate surface area is 142 Å². The maximum atomic E-state index is 11.9. The summed E-state index contributed by atoms with van der Waals surface area (Å²) in [4.78, 5) is 11.8. The highest BCUT2D eigenvalue weighted by atomic mass is 32.2. The second-order valence-electron chi connectivity index (χ2n) is 5.48. The molecule has 0 saturated carbocycles. The van der Waals surface area contributed by atoms with Crippen molar-refractivity contribution in [3.63, 3.8) is 0 Å². The number of rotatable bonds is 9. The number of nitrogens with zero attached hydrogens (tertiary/aromatic N) is 1. The first-order chi connectivity index (χ1) is 11.5. The molecule has 7 heteroatoms. The van der Waals surface area contributed by atoms with Gasteiger partial charge >= 0.3 is 0 Å². The first-order valence-corrected chi connectivity index (χ1v) is 9.62. The average Bonchev–Trinajstić information content (AvgIpc) is 3.08. The molecule has 2 aromatic rings. The number of hydrogen-bond donors (Lipinski definition) is 1. The number of carbonyl (C=O) groups is 1. The van der Waals surface area contributed by atoms with Crippen molar-refractivity contribution < 1.29 is 17.6 Å². The predicted octanol–water partition coefficient (Wildman–Crippen LogP) is 1.90. The molecular formula is C17H22N2O4S. The van der Waals surface area contributed by atoms with Gasteiger partial charge in [0, 0.05) is 19.6 Å². The van der Waals surface area contributed by atoms with Crippen LogP contribution in [0.2, 0.25) is 0 Å². The second-order valence-corrected chi connectivity index (χ2v) is 7.47. The fourth-order valence-corrected chi connectivity index (χ4v) is 3.22. The zero-order valence-electron chi connectivity index (χ0n) is 13.6. The number of sulfonamides is 1. The van der Waals surface area contributed by atoms with Crippen molar-refractivity contribution in [2.75, 3.05) is 25.9 Å². The van der Waals surface area contributed by atoms with Gasteiger partial charge in [-0.2, -0.15) is 0 Å². The van der Waals surface area contributed by atoms with Crippen LogP contribution < -0.4 is 5.32 Å². The van der Waals surface area contributed by atoms with Crippen LogP contribution in [0.3, 0.4) is 0 Å². The fourth-order valence-electron chi connectivity index (χ4n) is 2.34.